The van der Waals surface area contributed by atoms with Crippen molar-refractivity contribution >= 4 is 0 Å². The molecule has 2 rings (SSSR count). The molecule has 0 saturated carbocycles. The molecule has 0 radical (unpaired) electrons. The molecule has 2 aromatic rings. The molecular formula is C14H14N2O4. The van der Waals surface area contributed by atoms with E-state index in [2.05, 4.69) is 65.6 Å². The molecule has 0 unspecified atom stereocenters. The maximum absolute atomic E-state index is 8.89. The van der Waals surface area contributed by atoms with Crippen LogP contribution in [0.1, 0.15) is 11.1 Å². The van der Waals surface area contributed by atoms with Crippen molar-refractivity contribution in [2.24, 2.45) is 5.34 Å². The molecule has 0 aromatic heterocycles. The topological polar surface area (TPSA) is 81.8 Å². The van der Waals surface area contributed by atoms with Crippen LogP contribution in [-0.2, 0) is 17.8 Å². The molecule has 0 bridgehead atoms. The highest BCUT2D eigenvalue weighted by Crippen LogP contribution is 2.06. The Balaban J connectivity index is 0.000000286. The van der Waals surface area contributed by atoms with Gasteiger partial charge in [0.2, 0.25) is 0 Å². The van der Waals surface area contributed by atoms with Crippen molar-refractivity contribution in [3.8, 4) is 0 Å². The monoisotopic (exact) mass is 274 g/mol. The number of rotatable bonds is 5. The van der Waals surface area contributed by atoms with Crippen molar-refractivity contribution in [1.82, 2.24) is 0 Å². The van der Waals surface area contributed by atoms with Crippen LogP contribution < -0.4 is 0 Å². The molecule has 20 heavy (non-hydrogen) atoms. The van der Waals surface area contributed by atoms with Crippen LogP contribution in [0.5, 0.6) is 0 Å². The molecule has 6 heteroatoms. The van der Waals surface area contributed by atoms with Crippen LogP contribution in [0.4, 0.5) is 0 Å². The van der Waals surface area contributed by atoms with Gasteiger partial charge >= 0.3 is 5.34 Å². The van der Waals surface area contributed by atoms with E-state index >= 15 is 0 Å². The quantitative estimate of drug-likeness (QED) is 0.475. The number of aryl methyl sites for hydroxylation is 2. The summed E-state index contributed by atoms with van der Waals surface area (Å²) < 4.78 is 0. The first kappa shape index (κ1) is 15.3. The molecule has 0 amide bonds. The first-order valence-corrected chi connectivity index (χ1v) is 5.94. The fraction of sp³-hybridized carbons (Fsp3) is 0.143. The lowest BCUT2D eigenvalue weighted by Crippen LogP contribution is -1.90. The predicted molar refractivity (Wildman–Crippen MR) is 74.2 cm³/mol. The van der Waals surface area contributed by atoms with E-state index in [0.717, 1.165) is 12.8 Å². The molecule has 104 valence electrons. The molecule has 0 aliphatic carbocycles. The SMILES string of the molecule is O=NO[N+](=O)[O-].c1ccc(CCc2ccccc2)cc1. The molecular weight excluding hydrogens is 260 g/mol. The Hall–Kier alpha value is -2.76. The van der Waals surface area contributed by atoms with Gasteiger partial charge in [-0.2, -0.15) is 0 Å². The standard InChI is InChI=1S/C14H14.N2O4/c1-3-7-13(8-4-1)11-12-14-9-5-2-6-10-14;3-1-6-2(4)5/h1-10H,11-12H2;. The van der Waals surface area contributed by atoms with Gasteiger partial charge in [0.1, 0.15) is 0 Å². The van der Waals surface area contributed by atoms with Gasteiger partial charge in [0.25, 0.3) is 0 Å². The van der Waals surface area contributed by atoms with Gasteiger partial charge in [-0.1, -0.05) is 60.7 Å². The molecule has 0 spiro atoms. The second kappa shape index (κ2) is 9.21. The predicted octanol–water partition coefficient (Wildman–Crippen LogP) is 3.35. The first-order chi connectivity index (χ1) is 9.72. The molecule has 0 heterocycles. The summed E-state index contributed by atoms with van der Waals surface area (Å²) in [6.07, 6.45) is 2.26. The van der Waals surface area contributed by atoms with Crippen LogP contribution in [0.3, 0.4) is 0 Å². The van der Waals surface area contributed by atoms with Crippen molar-refractivity contribution in [1.29, 1.82) is 0 Å². The van der Waals surface area contributed by atoms with Gasteiger partial charge in [0, 0.05) is 4.91 Å². The number of benzene rings is 2. The summed E-state index contributed by atoms with van der Waals surface area (Å²) in [6.45, 7) is 0. The van der Waals surface area contributed by atoms with Gasteiger partial charge in [0.15, 0.2) is 5.09 Å². The Labute approximate surface area is 116 Å². The Morgan fingerprint density at radius 2 is 1.30 bits per heavy atom. The summed E-state index contributed by atoms with van der Waals surface area (Å²) in [5, 5.41) is 9.08. The van der Waals surface area contributed by atoms with Crippen LogP contribution in [0.2, 0.25) is 0 Å². The van der Waals surface area contributed by atoms with Crippen LogP contribution >= 0.6 is 0 Å². The van der Waals surface area contributed by atoms with Crippen molar-refractivity contribution in [2.75, 3.05) is 0 Å². The second-order valence-corrected chi connectivity index (χ2v) is 3.85. The fourth-order valence-electron chi connectivity index (χ4n) is 1.61. The summed E-state index contributed by atoms with van der Waals surface area (Å²) >= 11 is 0. The molecule has 2 aromatic carbocycles. The maximum Gasteiger partial charge on any atom is 0.354 e. The zero-order chi connectivity index (χ0) is 14.6. The number of hydrogen-bond acceptors (Lipinski definition) is 5. The Bertz CT molecular complexity index is 478. The van der Waals surface area contributed by atoms with Crippen LogP contribution in [0.25, 0.3) is 0 Å². The Kier molecular flexibility index (Phi) is 7.04. The Morgan fingerprint density at radius 3 is 1.55 bits per heavy atom. The molecule has 0 aliphatic rings. The summed E-state index contributed by atoms with van der Waals surface area (Å²) in [7, 11) is 0. The number of hydrogen-bond donors (Lipinski definition) is 0. The van der Waals surface area contributed by atoms with E-state index in [1.54, 1.807) is 0 Å². The third kappa shape index (κ3) is 6.85. The van der Waals surface area contributed by atoms with Crippen LogP contribution in [0, 0.1) is 15.0 Å². The van der Waals surface area contributed by atoms with Gasteiger partial charge in [0.05, 0.1) is 0 Å². The first-order valence-electron chi connectivity index (χ1n) is 5.94. The van der Waals surface area contributed by atoms with Gasteiger partial charge in [-0.05, 0) is 24.0 Å². The highest BCUT2D eigenvalue weighted by atomic mass is 17.0. The maximum atomic E-state index is 8.89. The lowest BCUT2D eigenvalue weighted by Gasteiger charge is -2.01. The zero-order valence-electron chi connectivity index (χ0n) is 10.7. The van der Waals surface area contributed by atoms with Crippen molar-refractivity contribution in [3.05, 3.63) is 86.8 Å². The Morgan fingerprint density at radius 1 is 0.900 bits per heavy atom. The average molecular weight is 274 g/mol. The average Bonchev–Trinajstić information content (AvgIpc) is 2.48. The van der Waals surface area contributed by atoms with E-state index in [9.17, 15) is 0 Å². The highest BCUT2D eigenvalue weighted by molar-refractivity contribution is 5.19. The summed E-state index contributed by atoms with van der Waals surface area (Å²) in [6, 6.07) is 21.2. The van der Waals surface area contributed by atoms with Gasteiger partial charge in [-0.3, -0.25) is 0 Å². The van der Waals surface area contributed by atoms with E-state index in [1.165, 1.54) is 16.5 Å². The van der Waals surface area contributed by atoms with E-state index in [0.29, 0.717) is 0 Å². The van der Waals surface area contributed by atoms with E-state index < -0.39 is 5.09 Å². The van der Waals surface area contributed by atoms with Crippen molar-refractivity contribution < 1.29 is 10.0 Å². The zero-order valence-corrected chi connectivity index (χ0v) is 10.7. The summed E-state index contributed by atoms with van der Waals surface area (Å²) in [5.41, 5.74) is 2.83. The van der Waals surface area contributed by atoms with E-state index in [4.69, 9.17) is 15.0 Å². The third-order valence-corrected chi connectivity index (χ3v) is 2.49. The molecule has 0 aliphatic heterocycles. The normalized spacial score (nSPS) is 9.00. The van der Waals surface area contributed by atoms with Crippen LogP contribution in [-0.4, -0.2) is 5.09 Å². The van der Waals surface area contributed by atoms with Gasteiger partial charge in [-0.25, -0.2) is 10.1 Å². The molecule has 6 nitrogen and oxygen atoms in total. The third-order valence-electron chi connectivity index (χ3n) is 2.49. The summed E-state index contributed by atoms with van der Waals surface area (Å²) in [5.74, 6) is 0. The minimum absolute atomic E-state index is 1.13. The van der Waals surface area contributed by atoms with E-state index in [1.807, 2.05) is 0 Å². The van der Waals surface area contributed by atoms with E-state index in [-0.39, 0.29) is 0 Å². The van der Waals surface area contributed by atoms with Crippen LogP contribution in [0.15, 0.2) is 66.0 Å². The molecule has 0 saturated heterocycles. The fourth-order valence-corrected chi connectivity index (χ4v) is 1.61. The van der Waals surface area contributed by atoms with Crippen molar-refractivity contribution in [3.63, 3.8) is 0 Å². The molecule has 0 N–H and O–H groups in total. The van der Waals surface area contributed by atoms with Gasteiger partial charge in [-0.15, -0.1) is 4.94 Å². The second-order valence-electron chi connectivity index (χ2n) is 3.85. The van der Waals surface area contributed by atoms with Gasteiger partial charge < -0.3 is 0 Å². The largest absolute Gasteiger partial charge is 0.354 e. The molecule has 0 fully saturated rings. The highest BCUT2D eigenvalue weighted by Gasteiger charge is 1.93. The molecule has 0 atom stereocenters. The lowest BCUT2D eigenvalue weighted by atomic mass is 10.0. The summed E-state index contributed by atoms with van der Waals surface area (Å²) in [4.78, 5) is 20.4. The van der Waals surface area contributed by atoms with Crippen molar-refractivity contribution in [2.45, 2.75) is 12.8 Å². The smallest absolute Gasteiger partial charge is 0.218 e. The minimum atomic E-state index is -1.30. The number of nitrogens with zero attached hydrogens (tertiary/aromatic N) is 2. The lowest BCUT2D eigenvalue weighted by molar-refractivity contribution is -0.760. The minimum Gasteiger partial charge on any atom is -0.218 e.